The molecule has 82 valence electrons. The summed E-state index contributed by atoms with van der Waals surface area (Å²) in [5, 5.41) is 19.6. The van der Waals surface area contributed by atoms with E-state index in [1.54, 1.807) is 0 Å². The van der Waals surface area contributed by atoms with Crippen molar-refractivity contribution in [3.05, 3.63) is 45.5 Å². The Bertz CT molecular complexity index is 472. The second-order valence-corrected chi connectivity index (χ2v) is 3.44. The van der Waals surface area contributed by atoms with Crippen LogP contribution in [0.1, 0.15) is 18.9 Å². The van der Waals surface area contributed by atoms with E-state index < -0.39 is 4.92 Å². The molecule has 1 aromatic rings. The van der Waals surface area contributed by atoms with E-state index in [1.165, 1.54) is 24.3 Å². The number of hydrogen-bond donors (Lipinski definition) is 0. The summed E-state index contributed by atoms with van der Waals surface area (Å²) < 4.78 is 0. The first-order valence-electron chi connectivity index (χ1n) is 4.63. The number of hydrogen-bond acceptors (Lipinski definition) is 3. The highest BCUT2D eigenvalue weighted by Crippen LogP contribution is 2.26. The third-order valence-corrected chi connectivity index (χ3v) is 2.53. The van der Waals surface area contributed by atoms with Gasteiger partial charge in [0.15, 0.2) is 0 Å². The predicted molar refractivity (Wildman–Crippen MR) is 61.8 cm³/mol. The maximum Gasteiger partial charge on any atom is 0.269 e. The van der Waals surface area contributed by atoms with Gasteiger partial charge in [-0.25, -0.2) is 0 Å². The summed E-state index contributed by atoms with van der Waals surface area (Å²) in [6.07, 6.45) is 0.534. The van der Waals surface area contributed by atoms with E-state index in [9.17, 15) is 10.1 Å². The Labute approximate surface area is 97.9 Å². The fourth-order valence-corrected chi connectivity index (χ4v) is 1.49. The second-order valence-electron chi connectivity index (χ2n) is 3.06. The molecule has 0 bridgehead atoms. The first kappa shape index (κ1) is 12.2. The summed E-state index contributed by atoms with van der Waals surface area (Å²) in [4.78, 5) is 9.96. The van der Waals surface area contributed by atoms with Gasteiger partial charge in [0.25, 0.3) is 5.69 Å². The quantitative estimate of drug-likeness (QED) is 0.458. The molecule has 0 aliphatic heterocycles. The van der Waals surface area contributed by atoms with Crippen molar-refractivity contribution in [3.63, 3.8) is 0 Å². The normalized spacial score (nSPS) is 11.6. The molecule has 0 aromatic heterocycles. The molecule has 0 radical (unpaired) electrons. The van der Waals surface area contributed by atoms with E-state index in [0.717, 1.165) is 0 Å². The summed E-state index contributed by atoms with van der Waals surface area (Å²) in [5.41, 5.74) is 1.09. The van der Waals surface area contributed by atoms with Crippen molar-refractivity contribution in [3.8, 4) is 6.07 Å². The molecular weight excluding hydrogens is 228 g/mol. The number of allylic oxidation sites excluding steroid dienone is 1. The Balaban J connectivity index is 3.12. The molecule has 1 aromatic carbocycles. The fraction of sp³-hybridized carbons (Fsp3) is 0.182. The molecule has 4 nitrogen and oxygen atoms in total. The van der Waals surface area contributed by atoms with E-state index in [1.807, 2.05) is 13.0 Å². The van der Waals surface area contributed by atoms with E-state index in [0.29, 0.717) is 22.6 Å². The molecule has 0 N–H and O–H groups in total. The number of nitro groups is 1. The Morgan fingerprint density at radius 1 is 1.50 bits per heavy atom. The molecule has 16 heavy (non-hydrogen) atoms. The number of nitrogens with zero attached hydrogens (tertiary/aromatic N) is 2. The van der Waals surface area contributed by atoms with Crippen molar-refractivity contribution >= 4 is 22.3 Å². The third-order valence-electron chi connectivity index (χ3n) is 2.09. The first-order valence-corrected chi connectivity index (χ1v) is 5.01. The lowest BCUT2D eigenvalue weighted by Gasteiger charge is -2.01. The Morgan fingerprint density at radius 2 is 2.06 bits per heavy atom. The molecule has 0 saturated carbocycles. The average molecular weight is 237 g/mol. The maximum absolute atomic E-state index is 10.4. The highest BCUT2D eigenvalue weighted by Gasteiger charge is 2.08. The summed E-state index contributed by atoms with van der Waals surface area (Å²) in [6.45, 7) is 1.83. The largest absolute Gasteiger partial charge is 0.269 e. The SMILES string of the molecule is CCC(C#N)=C(Cl)c1ccc([N+](=O)[O-])cc1. The molecule has 0 fully saturated rings. The highest BCUT2D eigenvalue weighted by molar-refractivity contribution is 6.49. The maximum atomic E-state index is 10.4. The lowest BCUT2D eigenvalue weighted by molar-refractivity contribution is -0.384. The minimum atomic E-state index is -0.480. The van der Waals surface area contributed by atoms with Gasteiger partial charge in [-0.2, -0.15) is 5.26 Å². The van der Waals surface area contributed by atoms with Gasteiger partial charge in [-0.05, 0) is 24.1 Å². The van der Waals surface area contributed by atoms with Crippen LogP contribution >= 0.6 is 11.6 Å². The van der Waals surface area contributed by atoms with Crippen LogP contribution in [0.3, 0.4) is 0 Å². The third kappa shape index (κ3) is 2.59. The average Bonchev–Trinajstić information content (AvgIpc) is 2.30. The summed E-state index contributed by atoms with van der Waals surface area (Å²) in [6, 6.07) is 7.80. The second kappa shape index (κ2) is 5.29. The van der Waals surface area contributed by atoms with E-state index in [-0.39, 0.29) is 5.69 Å². The molecule has 0 saturated heterocycles. The number of nitro benzene ring substituents is 1. The van der Waals surface area contributed by atoms with Crippen molar-refractivity contribution in [2.24, 2.45) is 0 Å². The molecule has 0 unspecified atom stereocenters. The minimum absolute atomic E-state index is 0.00298. The smallest absolute Gasteiger partial charge is 0.258 e. The van der Waals surface area contributed by atoms with Gasteiger partial charge in [0.05, 0.1) is 16.0 Å². The van der Waals surface area contributed by atoms with Gasteiger partial charge in [0.2, 0.25) is 0 Å². The van der Waals surface area contributed by atoms with Crippen molar-refractivity contribution in [1.29, 1.82) is 5.26 Å². The molecule has 0 atom stereocenters. The zero-order valence-electron chi connectivity index (χ0n) is 8.61. The Hall–Kier alpha value is -1.86. The van der Waals surface area contributed by atoms with Crippen LogP contribution in [0.4, 0.5) is 5.69 Å². The molecule has 5 heteroatoms. The monoisotopic (exact) mass is 236 g/mol. The highest BCUT2D eigenvalue weighted by atomic mass is 35.5. The summed E-state index contributed by atoms with van der Waals surface area (Å²) in [5.74, 6) is 0. The zero-order valence-corrected chi connectivity index (χ0v) is 9.36. The van der Waals surface area contributed by atoms with Crippen LogP contribution in [0.25, 0.3) is 5.03 Å². The van der Waals surface area contributed by atoms with Crippen LogP contribution in [-0.4, -0.2) is 4.92 Å². The van der Waals surface area contributed by atoms with Crippen LogP contribution in [0.5, 0.6) is 0 Å². The standard InChI is InChI=1S/C11H9ClN2O2/c1-2-8(7-13)11(12)9-3-5-10(6-4-9)14(15)16/h3-6H,2H2,1H3. The minimum Gasteiger partial charge on any atom is -0.258 e. The lowest BCUT2D eigenvalue weighted by atomic mass is 10.1. The molecule has 1 rings (SSSR count). The van der Waals surface area contributed by atoms with Crippen LogP contribution in [-0.2, 0) is 0 Å². The van der Waals surface area contributed by atoms with Crippen LogP contribution < -0.4 is 0 Å². The van der Waals surface area contributed by atoms with Crippen LogP contribution in [0.15, 0.2) is 29.8 Å². The zero-order chi connectivity index (χ0) is 12.1. The van der Waals surface area contributed by atoms with E-state index in [2.05, 4.69) is 0 Å². The fourth-order valence-electron chi connectivity index (χ4n) is 1.19. The van der Waals surface area contributed by atoms with Crippen molar-refractivity contribution in [1.82, 2.24) is 0 Å². The van der Waals surface area contributed by atoms with Crippen LogP contribution in [0.2, 0.25) is 0 Å². The molecule has 0 aliphatic rings. The summed E-state index contributed by atoms with van der Waals surface area (Å²) in [7, 11) is 0. The molecule has 0 amide bonds. The number of non-ortho nitro benzene ring substituents is 1. The number of rotatable bonds is 3. The van der Waals surface area contributed by atoms with Gasteiger partial charge in [-0.15, -0.1) is 0 Å². The van der Waals surface area contributed by atoms with Crippen molar-refractivity contribution < 1.29 is 4.92 Å². The Morgan fingerprint density at radius 3 is 2.44 bits per heavy atom. The molecule has 0 aliphatic carbocycles. The van der Waals surface area contributed by atoms with Gasteiger partial charge in [-0.1, -0.05) is 18.5 Å². The molecule has 0 spiro atoms. The predicted octanol–water partition coefficient (Wildman–Crippen LogP) is 3.48. The van der Waals surface area contributed by atoms with Gasteiger partial charge < -0.3 is 0 Å². The van der Waals surface area contributed by atoms with E-state index in [4.69, 9.17) is 16.9 Å². The van der Waals surface area contributed by atoms with Gasteiger partial charge in [0.1, 0.15) is 0 Å². The first-order chi connectivity index (χ1) is 7.60. The summed E-state index contributed by atoms with van der Waals surface area (Å²) >= 11 is 5.99. The van der Waals surface area contributed by atoms with E-state index >= 15 is 0 Å². The number of benzene rings is 1. The molecular formula is C11H9ClN2O2. The van der Waals surface area contributed by atoms with Crippen LogP contribution in [0, 0.1) is 21.4 Å². The molecule has 0 heterocycles. The Kier molecular flexibility index (Phi) is 4.03. The van der Waals surface area contributed by atoms with Gasteiger partial charge in [0, 0.05) is 17.7 Å². The lowest BCUT2D eigenvalue weighted by Crippen LogP contribution is -1.88. The topological polar surface area (TPSA) is 66.9 Å². The number of halogens is 1. The van der Waals surface area contributed by atoms with Crippen molar-refractivity contribution in [2.75, 3.05) is 0 Å². The number of nitriles is 1. The van der Waals surface area contributed by atoms with Crippen molar-refractivity contribution in [2.45, 2.75) is 13.3 Å². The van der Waals surface area contributed by atoms with Gasteiger partial charge in [-0.3, -0.25) is 10.1 Å². The van der Waals surface area contributed by atoms with Gasteiger partial charge >= 0.3 is 0 Å².